The van der Waals surface area contributed by atoms with Crippen LogP contribution in [0.25, 0.3) is 10.1 Å². The summed E-state index contributed by atoms with van der Waals surface area (Å²) >= 11 is 10.1. The van der Waals surface area contributed by atoms with Gasteiger partial charge in [0.15, 0.2) is 0 Å². The van der Waals surface area contributed by atoms with E-state index in [0.717, 1.165) is 18.0 Å². The molecule has 0 saturated heterocycles. The molecule has 1 unspecified atom stereocenters. The summed E-state index contributed by atoms with van der Waals surface area (Å²) in [5.74, 6) is 0. The molecule has 1 aromatic carbocycles. The van der Waals surface area contributed by atoms with Crippen LogP contribution >= 0.6 is 34.3 Å². The fraction of sp³-hybridized carbons (Fsp3) is 0.294. The number of rotatable bonds is 5. The van der Waals surface area contributed by atoms with Gasteiger partial charge in [0.05, 0.1) is 11.1 Å². The van der Waals surface area contributed by atoms with Crippen molar-refractivity contribution >= 4 is 44.4 Å². The van der Waals surface area contributed by atoms with Crippen molar-refractivity contribution in [3.63, 3.8) is 0 Å². The minimum atomic E-state index is 0.187. The number of benzene rings is 1. The van der Waals surface area contributed by atoms with Gasteiger partial charge in [-0.2, -0.15) is 0 Å². The molecule has 0 aliphatic rings. The molecule has 21 heavy (non-hydrogen) atoms. The SMILES string of the molecule is CCCNC(c1scc(C)c1Cl)c1csc2ccccc12. The maximum atomic E-state index is 6.52. The molecule has 110 valence electrons. The van der Waals surface area contributed by atoms with Gasteiger partial charge in [-0.15, -0.1) is 22.7 Å². The van der Waals surface area contributed by atoms with Gasteiger partial charge in [0.25, 0.3) is 0 Å². The van der Waals surface area contributed by atoms with Gasteiger partial charge in [0, 0.05) is 9.58 Å². The smallest absolute Gasteiger partial charge is 0.0700 e. The molecule has 1 atom stereocenters. The van der Waals surface area contributed by atoms with Gasteiger partial charge in [-0.25, -0.2) is 0 Å². The first-order chi connectivity index (χ1) is 10.2. The summed E-state index contributed by atoms with van der Waals surface area (Å²) in [5.41, 5.74) is 2.51. The van der Waals surface area contributed by atoms with E-state index in [1.807, 2.05) is 0 Å². The van der Waals surface area contributed by atoms with E-state index < -0.39 is 0 Å². The first kappa shape index (κ1) is 15.0. The second-order valence-electron chi connectivity index (χ2n) is 5.17. The Labute approximate surface area is 138 Å². The summed E-state index contributed by atoms with van der Waals surface area (Å²) in [4.78, 5) is 1.23. The highest BCUT2D eigenvalue weighted by Gasteiger charge is 2.22. The highest BCUT2D eigenvalue weighted by molar-refractivity contribution is 7.17. The lowest BCUT2D eigenvalue weighted by Crippen LogP contribution is -2.22. The zero-order valence-electron chi connectivity index (χ0n) is 12.2. The van der Waals surface area contributed by atoms with Crippen LogP contribution in [-0.4, -0.2) is 6.54 Å². The molecule has 0 saturated carbocycles. The molecule has 0 bridgehead atoms. The molecular formula is C17H18ClNS2. The summed E-state index contributed by atoms with van der Waals surface area (Å²) in [6.45, 7) is 5.25. The first-order valence-corrected chi connectivity index (χ1v) is 9.29. The van der Waals surface area contributed by atoms with E-state index in [0.29, 0.717) is 0 Å². The van der Waals surface area contributed by atoms with E-state index in [9.17, 15) is 0 Å². The summed E-state index contributed by atoms with van der Waals surface area (Å²) in [6, 6.07) is 8.78. The van der Waals surface area contributed by atoms with E-state index in [1.165, 1.54) is 26.1 Å². The Morgan fingerprint density at radius 1 is 1.19 bits per heavy atom. The maximum absolute atomic E-state index is 6.52. The molecule has 4 heteroatoms. The van der Waals surface area contributed by atoms with E-state index in [1.54, 1.807) is 22.7 Å². The average molecular weight is 336 g/mol. The van der Waals surface area contributed by atoms with Gasteiger partial charge in [-0.3, -0.25) is 0 Å². The molecule has 0 amide bonds. The van der Waals surface area contributed by atoms with Crippen molar-refractivity contribution in [2.75, 3.05) is 6.54 Å². The Kier molecular flexibility index (Phi) is 4.65. The molecule has 2 aromatic heterocycles. The number of halogens is 1. The lowest BCUT2D eigenvalue weighted by molar-refractivity contribution is 0.610. The van der Waals surface area contributed by atoms with Crippen LogP contribution in [0.5, 0.6) is 0 Å². The van der Waals surface area contributed by atoms with Gasteiger partial charge in [0.1, 0.15) is 0 Å². The number of fused-ring (bicyclic) bond motifs is 1. The average Bonchev–Trinajstić information content (AvgIpc) is 3.06. The monoisotopic (exact) mass is 335 g/mol. The van der Waals surface area contributed by atoms with Crippen LogP contribution in [0.1, 0.15) is 35.4 Å². The molecule has 0 radical (unpaired) electrons. The Balaban J connectivity index is 2.09. The van der Waals surface area contributed by atoms with Crippen LogP contribution < -0.4 is 5.32 Å². The van der Waals surface area contributed by atoms with Gasteiger partial charge in [0.2, 0.25) is 0 Å². The van der Waals surface area contributed by atoms with Crippen molar-refractivity contribution in [2.24, 2.45) is 0 Å². The third kappa shape index (κ3) is 2.88. The molecule has 0 spiro atoms. The van der Waals surface area contributed by atoms with Gasteiger partial charge < -0.3 is 5.32 Å². The third-order valence-corrected chi connectivity index (χ3v) is 6.37. The second-order valence-corrected chi connectivity index (χ2v) is 7.37. The standard InChI is InChI=1S/C17H18ClNS2/c1-3-8-19-16(17-15(18)11(2)9-21-17)13-10-20-14-7-5-4-6-12(13)14/h4-7,9-10,16,19H,3,8H2,1-2H3. The lowest BCUT2D eigenvalue weighted by atomic mass is 10.0. The molecule has 1 nitrogen and oxygen atoms in total. The number of nitrogens with one attached hydrogen (secondary N) is 1. The molecule has 0 fully saturated rings. The van der Waals surface area contributed by atoms with Gasteiger partial charge >= 0.3 is 0 Å². The predicted molar refractivity (Wildman–Crippen MR) is 96.0 cm³/mol. The number of aryl methyl sites for hydroxylation is 1. The lowest BCUT2D eigenvalue weighted by Gasteiger charge is -2.18. The second kappa shape index (κ2) is 6.49. The van der Waals surface area contributed by atoms with Crippen LogP contribution in [0, 0.1) is 6.92 Å². The van der Waals surface area contributed by atoms with Crippen LogP contribution in [0.15, 0.2) is 35.0 Å². The van der Waals surface area contributed by atoms with Crippen molar-refractivity contribution in [3.05, 3.63) is 56.1 Å². The Hall–Kier alpha value is -0.870. The fourth-order valence-corrected chi connectivity index (χ4v) is 4.88. The minimum absolute atomic E-state index is 0.187. The minimum Gasteiger partial charge on any atom is -0.306 e. The van der Waals surface area contributed by atoms with Crippen molar-refractivity contribution < 1.29 is 0 Å². The first-order valence-electron chi connectivity index (χ1n) is 7.15. The molecular weight excluding hydrogens is 318 g/mol. The maximum Gasteiger partial charge on any atom is 0.0700 e. The highest BCUT2D eigenvalue weighted by atomic mass is 35.5. The number of thiophene rings is 2. The largest absolute Gasteiger partial charge is 0.306 e. The zero-order valence-corrected chi connectivity index (χ0v) is 14.5. The van der Waals surface area contributed by atoms with Crippen molar-refractivity contribution in [1.82, 2.24) is 5.32 Å². The summed E-state index contributed by atoms with van der Waals surface area (Å²) < 4.78 is 1.33. The number of hydrogen-bond acceptors (Lipinski definition) is 3. The van der Waals surface area contributed by atoms with Crippen LogP contribution in [0.4, 0.5) is 0 Å². The normalized spacial score (nSPS) is 12.9. The van der Waals surface area contributed by atoms with E-state index >= 15 is 0 Å². The molecule has 1 N–H and O–H groups in total. The summed E-state index contributed by atoms with van der Waals surface area (Å²) in [6.07, 6.45) is 1.11. The van der Waals surface area contributed by atoms with Crippen LogP contribution in [0.3, 0.4) is 0 Å². The quantitative estimate of drug-likeness (QED) is 0.601. The Morgan fingerprint density at radius 3 is 2.71 bits per heavy atom. The van der Waals surface area contributed by atoms with Gasteiger partial charge in [-0.1, -0.05) is 36.7 Å². The van der Waals surface area contributed by atoms with E-state index in [2.05, 4.69) is 54.2 Å². The van der Waals surface area contributed by atoms with E-state index in [-0.39, 0.29) is 6.04 Å². The van der Waals surface area contributed by atoms with Crippen LogP contribution in [0.2, 0.25) is 5.02 Å². The topological polar surface area (TPSA) is 12.0 Å². The summed E-state index contributed by atoms with van der Waals surface area (Å²) in [7, 11) is 0. The molecule has 2 heterocycles. The fourth-order valence-electron chi connectivity index (χ4n) is 2.50. The van der Waals surface area contributed by atoms with Crippen molar-refractivity contribution in [1.29, 1.82) is 0 Å². The molecule has 0 aliphatic heterocycles. The molecule has 3 aromatic rings. The summed E-state index contributed by atoms with van der Waals surface area (Å²) in [5, 5.41) is 10.3. The predicted octanol–water partition coefficient (Wildman–Crippen LogP) is 6.01. The Morgan fingerprint density at radius 2 is 2.00 bits per heavy atom. The molecule has 0 aliphatic carbocycles. The van der Waals surface area contributed by atoms with Gasteiger partial charge in [-0.05, 0) is 53.2 Å². The van der Waals surface area contributed by atoms with Crippen molar-refractivity contribution in [3.8, 4) is 0 Å². The highest BCUT2D eigenvalue weighted by Crippen LogP contribution is 2.39. The Bertz CT molecular complexity index is 744. The molecule has 3 rings (SSSR count). The third-order valence-electron chi connectivity index (χ3n) is 3.61. The van der Waals surface area contributed by atoms with Crippen LogP contribution in [-0.2, 0) is 0 Å². The van der Waals surface area contributed by atoms with E-state index in [4.69, 9.17) is 11.6 Å². The van der Waals surface area contributed by atoms with Crippen molar-refractivity contribution in [2.45, 2.75) is 26.3 Å². The zero-order chi connectivity index (χ0) is 14.8. The number of hydrogen-bond donors (Lipinski definition) is 1.